The van der Waals surface area contributed by atoms with E-state index in [1.807, 2.05) is 18.2 Å². The molecule has 1 N–H and O–H groups in total. The van der Waals surface area contributed by atoms with Gasteiger partial charge in [-0.2, -0.15) is 0 Å². The van der Waals surface area contributed by atoms with E-state index in [0.29, 0.717) is 10.8 Å². The maximum absolute atomic E-state index is 10.8. The van der Waals surface area contributed by atoms with E-state index in [2.05, 4.69) is 20.9 Å². The van der Waals surface area contributed by atoms with Crippen molar-refractivity contribution in [1.29, 1.82) is 0 Å². The summed E-state index contributed by atoms with van der Waals surface area (Å²) < 4.78 is 0.934. The number of pyridine rings is 1. The Labute approximate surface area is 128 Å². The van der Waals surface area contributed by atoms with E-state index in [0.717, 1.165) is 14.9 Å². The lowest BCUT2D eigenvalue weighted by atomic mass is 10.2. The molecule has 19 heavy (non-hydrogen) atoms. The maximum atomic E-state index is 10.8. The van der Waals surface area contributed by atoms with E-state index < -0.39 is 5.97 Å². The second kappa shape index (κ2) is 6.41. The summed E-state index contributed by atoms with van der Waals surface area (Å²) in [5, 5.41) is 9.56. The van der Waals surface area contributed by atoms with Crippen LogP contribution in [0.1, 0.15) is 16.1 Å². The fourth-order valence-electron chi connectivity index (χ4n) is 1.42. The molecule has 1 heterocycles. The van der Waals surface area contributed by atoms with Crippen molar-refractivity contribution < 1.29 is 9.90 Å². The minimum absolute atomic E-state index is 0.0481. The molecule has 0 fully saturated rings. The van der Waals surface area contributed by atoms with Crippen LogP contribution in [-0.2, 0) is 5.75 Å². The normalized spacial score (nSPS) is 10.4. The van der Waals surface area contributed by atoms with Crippen LogP contribution in [0.5, 0.6) is 0 Å². The second-order valence-electron chi connectivity index (χ2n) is 3.71. The quantitative estimate of drug-likeness (QED) is 0.818. The standard InChI is InChI=1S/C13H9BrClNO2S/c14-9-2-1-8(11(15)5-9)7-19-10-3-4-16-12(6-10)13(17)18/h1-6H,7H2,(H,17,18). The first kappa shape index (κ1) is 14.4. The Balaban J connectivity index is 2.10. The summed E-state index contributed by atoms with van der Waals surface area (Å²) >= 11 is 11.0. The van der Waals surface area contributed by atoms with Crippen molar-refractivity contribution in [2.45, 2.75) is 10.6 Å². The summed E-state index contributed by atoms with van der Waals surface area (Å²) in [6, 6.07) is 9.05. The van der Waals surface area contributed by atoms with Gasteiger partial charge in [0.25, 0.3) is 0 Å². The van der Waals surface area contributed by atoms with Crippen molar-refractivity contribution >= 4 is 45.3 Å². The predicted octanol–water partition coefficient (Wildman–Crippen LogP) is 4.49. The Bertz CT molecular complexity index is 621. The molecule has 0 saturated carbocycles. The molecule has 0 unspecified atom stereocenters. The van der Waals surface area contributed by atoms with Crippen molar-refractivity contribution in [3.05, 3.63) is 57.3 Å². The number of thioether (sulfide) groups is 1. The van der Waals surface area contributed by atoms with Gasteiger partial charge in [0.1, 0.15) is 5.69 Å². The number of benzene rings is 1. The smallest absolute Gasteiger partial charge is 0.354 e. The zero-order valence-electron chi connectivity index (χ0n) is 9.64. The van der Waals surface area contributed by atoms with Gasteiger partial charge in [0.05, 0.1) is 0 Å². The zero-order chi connectivity index (χ0) is 13.8. The second-order valence-corrected chi connectivity index (χ2v) is 6.08. The van der Waals surface area contributed by atoms with Gasteiger partial charge >= 0.3 is 5.97 Å². The molecule has 0 aliphatic carbocycles. The third-order valence-electron chi connectivity index (χ3n) is 2.36. The third kappa shape index (κ3) is 3.96. The molecule has 0 saturated heterocycles. The lowest BCUT2D eigenvalue weighted by Crippen LogP contribution is -1.99. The van der Waals surface area contributed by atoms with Gasteiger partial charge in [-0.25, -0.2) is 9.78 Å². The van der Waals surface area contributed by atoms with Crippen LogP contribution < -0.4 is 0 Å². The van der Waals surface area contributed by atoms with E-state index in [-0.39, 0.29) is 5.69 Å². The number of aromatic nitrogens is 1. The van der Waals surface area contributed by atoms with Gasteiger partial charge in [-0.15, -0.1) is 11.8 Å². The number of rotatable bonds is 4. The molecule has 0 bridgehead atoms. The highest BCUT2D eigenvalue weighted by Crippen LogP contribution is 2.28. The molecule has 0 atom stereocenters. The Hall–Kier alpha value is -1.04. The Morgan fingerprint density at radius 2 is 2.16 bits per heavy atom. The summed E-state index contributed by atoms with van der Waals surface area (Å²) in [4.78, 5) is 15.5. The average Bonchev–Trinajstić information content (AvgIpc) is 2.38. The first-order valence-electron chi connectivity index (χ1n) is 5.32. The lowest BCUT2D eigenvalue weighted by molar-refractivity contribution is 0.0690. The van der Waals surface area contributed by atoms with Crippen molar-refractivity contribution in [3.8, 4) is 0 Å². The van der Waals surface area contributed by atoms with Crippen molar-refractivity contribution in [2.24, 2.45) is 0 Å². The third-order valence-corrected chi connectivity index (χ3v) is 4.25. The molecule has 2 rings (SSSR count). The number of carboxylic acids is 1. The van der Waals surface area contributed by atoms with Crippen molar-refractivity contribution in [2.75, 3.05) is 0 Å². The highest BCUT2D eigenvalue weighted by Gasteiger charge is 2.07. The molecule has 0 spiro atoms. The highest BCUT2D eigenvalue weighted by atomic mass is 79.9. The Morgan fingerprint density at radius 1 is 1.37 bits per heavy atom. The SMILES string of the molecule is O=C(O)c1cc(SCc2ccc(Br)cc2Cl)ccn1. The van der Waals surface area contributed by atoms with Crippen molar-refractivity contribution in [3.63, 3.8) is 0 Å². The van der Waals surface area contributed by atoms with Gasteiger partial charge in [-0.1, -0.05) is 33.6 Å². The first-order valence-corrected chi connectivity index (χ1v) is 7.48. The van der Waals surface area contributed by atoms with Crippen molar-refractivity contribution in [1.82, 2.24) is 4.98 Å². The largest absolute Gasteiger partial charge is 0.477 e. The molecule has 1 aromatic carbocycles. The van der Waals surface area contributed by atoms with Crippen LogP contribution in [0.3, 0.4) is 0 Å². The van der Waals surface area contributed by atoms with Gasteiger partial charge < -0.3 is 5.11 Å². The van der Waals surface area contributed by atoms with E-state index in [9.17, 15) is 4.79 Å². The molecular formula is C13H9BrClNO2S. The summed E-state index contributed by atoms with van der Waals surface area (Å²) in [5.74, 6) is -0.348. The molecule has 0 amide bonds. The molecule has 1 aromatic heterocycles. The van der Waals surface area contributed by atoms with Crippen LogP contribution in [0.25, 0.3) is 0 Å². The average molecular weight is 359 g/mol. The fraction of sp³-hybridized carbons (Fsp3) is 0.0769. The molecule has 0 aliphatic rings. The van der Waals surface area contributed by atoms with Gasteiger partial charge in [-0.05, 0) is 29.8 Å². The number of carbonyl (C=O) groups is 1. The minimum atomic E-state index is -1.02. The first-order chi connectivity index (χ1) is 9.06. The van der Waals surface area contributed by atoms with Crippen LogP contribution >= 0.6 is 39.3 Å². The molecular weight excluding hydrogens is 350 g/mol. The van der Waals surface area contributed by atoms with E-state index >= 15 is 0 Å². The molecule has 6 heteroatoms. The van der Waals surface area contributed by atoms with Gasteiger partial charge in [0.2, 0.25) is 0 Å². The van der Waals surface area contributed by atoms with Gasteiger partial charge in [-0.3, -0.25) is 0 Å². The van der Waals surface area contributed by atoms with E-state index in [1.54, 1.807) is 12.1 Å². The topological polar surface area (TPSA) is 50.2 Å². The number of halogens is 2. The van der Waals surface area contributed by atoms with Crippen LogP contribution in [0, 0.1) is 0 Å². The predicted molar refractivity (Wildman–Crippen MR) is 79.9 cm³/mol. The molecule has 2 aromatic rings. The molecule has 98 valence electrons. The highest BCUT2D eigenvalue weighted by molar-refractivity contribution is 9.10. The van der Waals surface area contributed by atoms with Crippen LogP contribution in [0.15, 0.2) is 45.9 Å². The van der Waals surface area contributed by atoms with Crippen LogP contribution in [0.4, 0.5) is 0 Å². The number of nitrogens with zero attached hydrogens (tertiary/aromatic N) is 1. The molecule has 0 aliphatic heterocycles. The van der Waals surface area contributed by atoms with E-state index in [1.165, 1.54) is 18.0 Å². The number of hydrogen-bond acceptors (Lipinski definition) is 3. The van der Waals surface area contributed by atoms with E-state index in [4.69, 9.17) is 16.7 Å². The zero-order valence-corrected chi connectivity index (χ0v) is 12.8. The summed E-state index contributed by atoms with van der Waals surface area (Å²) in [5.41, 5.74) is 1.05. The van der Waals surface area contributed by atoms with Crippen LogP contribution in [-0.4, -0.2) is 16.1 Å². The van der Waals surface area contributed by atoms with Gasteiger partial charge in [0, 0.05) is 26.3 Å². The lowest BCUT2D eigenvalue weighted by Gasteiger charge is -2.05. The summed E-state index contributed by atoms with van der Waals surface area (Å²) in [7, 11) is 0. The minimum Gasteiger partial charge on any atom is -0.477 e. The fourth-order valence-corrected chi connectivity index (χ4v) is 3.16. The van der Waals surface area contributed by atoms with Gasteiger partial charge in [0.15, 0.2) is 0 Å². The molecule has 0 radical (unpaired) electrons. The Morgan fingerprint density at radius 3 is 2.84 bits per heavy atom. The summed E-state index contributed by atoms with van der Waals surface area (Å²) in [6.07, 6.45) is 1.50. The number of hydrogen-bond donors (Lipinski definition) is 1. The Kier molecular flexibility index (Phi) is 4.85. The monoisotopic (exact) mass is 357 g/mol. The summed E-state index contributed by atoms with van der Waals surface area (Å²) in [6.45, 7) is 0. The molecule has 3 nitrogen and oxygen atoms in total. The van der Waals surface area contributed by atoms with Crippen LogP contribution in [0.2, 0.25) is 5.02 Å². The number of aromatic carboxylic acids is 1. The maximum Gasteiger partial charge on any atom is 0.354 e. The number of carboxylic acid groups (broad SMARTS) is 1.